The van der Waals surface area contributed by atoms with Crippen LogP contribution in [0.4, 0.5) is 0 Å². The number of aliphatic carboxylic acids is 1. The second kappa shape index (κ2) is 9.54. The van der Waals surface area contributed by atoms with Crippen LogP contribution in [0.25, 0.3) is 0 Å². The van der Waals surface area contributed by atoms with E-state index in [9.17, 15) is 14.7 Å². The number of halogens is 2. The van der Waals surface area contributed by atoms with Crippen molar-refractivity contribution in [3.05, 3.63) is 0 Å². The molecule has 1 amide bonds. The fourth-order valence-electron chi connectivity index (χ4n) is 2.55. The summed E-state index contributed by atoms with van der Waals surface area (Å²) in [6.07, 6.45) is 0.686. The third-order valence-corrected chi connectivity index (χ3v) is 3.56. The van der Waals surface area contributed by atoms with Crippen molar-refractivity contribution in [3.63, 3.8) is 0 Å². The number of nitrogens with two attached hydrogens (primary N) is 2. The van der Waals surface area contributed by atoms with E-state index in [1.807, 2.05) is 0 Å². The average Bonchev–Trinajstić information content (AvgIpc) is 2.34. The van der Waals surface area contributed by atoms with Crippen LogP contribution in [0.1, 0.15) is 19.8 Å². The van der Waals surface area contributed by atoms with Crippen molar-refractivity contribution in [2.24, 2.45) is 17.4 Å². The molecule has 1 aliphatic rings. The van der Waals surface area contributed by atoms with E-state index < -0.39 is 24.7 Å². The standard InChI is InChI=1S/C11H22BN3O5.2ClH/c1-7(13)9(16)15-5-8(2-3-12(19)20)4-11(14,6-15)10(17)18;;/h7-8,19-20H,2-6,13-14H2,1H3,(H,17,18);2*1H/t7?,8-,11+;;/m1../s1. The summed E-state index contributed by atoms with van der Waals surface area (Å²) in [4.78, 5) is 24.6. The molecule has 130 valence electrons. The summed E-state index contributed by atoms with van der Waals surface area (Å²) in [5, 5.41) is 27.0. The molecule has 1 fully saturated rings. The molecule has 22 heavy (non-hydrogen) atoms. The summed E-state index contributed by atoms with van der Waals surface area (Å²) in [7, 11) is -1.45. The Hall–Kier alpha value is -0.575. The molecule has 0 bridgehead atoms. The Kier molecular flexibility index (Phi) is 10.3. The second-order valence-corrected chi connectivity index (χ2v) is 5.60. The van der Waals surface area contributed by atoms with Crippen LogP contribution in [0, 0.1) is 5.92 Å². The van der Waals surface area contributed by atoms with Crippen LogP contribution >= 0.6 is 24.8 Å². The number of amides is 1. The van der Waals surface area contributed by atoms with Crippen molar-refractivity contribution in [1.29, 1.82) is 0 Å². The molecule has 3 atom stereocenters. The van der Waals surface area contributed by atoms with Crippen molar-refractivity contribution in [1.82, 2.24) is 4.90 Å². The molecular weight excluding hydrogens is 336 g/mol. The van der Waals surface area contributed by atoms with Crippen LogP contribution < -0.4 is 11.5 Å². The minimum Gasteiger partial charge on any atom is -0.480 e. The van der Waals surface area contributed by atoms with Crippen LogP contribution in [0.2, 0.25) is 6.32 Å². The topological polar surface area (TPSA) is 150 Å². The van der Waals surface area contributed by atoms with Crippen molar-refractivity contribution in [2.75, 3.05) is 13.1 Å². The number of piperidine rings is 1. The second-order valence-electron chi connectivity index (χ2n) is 5.60. The molecule has 7 N–H and O–H groups in total. The van der Waals surface area contributed by atoms with E-state index in [2.05, 4.69) is 0 Å². The molecule has 1 rings (SSSR count). The third kappa shape index (κ3) is 6.27. The molecule has 0 aromatic heterocycles. The Bertz CT molecular complexity index is 389. The maximum atomic E-state index is 11.9. The quantitative estimate of drug-likeness (QED) is 0.381. The number of likely N-dealkylation sites (tertiary alicyclic amines) is 1. The third-order valence-electron chi connectivity index (χ3n) is 3.56. The molecule has 0 aromatic rings. The maximum Gasteiger partial charge on any atom is 0.451 e. The van der Waals surface area contributed by atoms with E-state index in [1.54, 1.807) is 0 Å². The Balaban J connectivity index is 0. The molecule has 0 spiro atoms. The van der Waals surface area contributed by atoms with Crippen LogP contribution in [0.5, 0.6) is 0 Å². The summed E-state index contributed by atoms with van der Waals surface area (Å²) >= 11 is 0. The summed E-state index contributed by atoms with van der Waals surface area (Å²) < 4.78 is 0. The Labute approximate surface area is 142 Å². The molecule has 8 nitrogen and oxygen atoms in total. The first-order valence-electron chi connectivity index (χ1n) is 6.58. The summed E-state index contributed by atoms with van der Waals surface area (Å²) in [6, 6.07) is -0.727. The number of carbonyl (C=O) groups excluding carboxylic acids is 1. The largest absolute Gasteiger partial charge is 0.480 e. The van der Waals surface area contributed by atoms with E-state index in [1.165, 1.54) is 11.8 Å². The molecule has 11 heteroatoms. The minimum absolute atomic E-state index is 0. The Morgan fingerprint density at radius 1 is 1.41 bits per heavy atom. The lowest BCUT2D eigenvalue weighted by Crippen LogP contribution is -2.64. The fourth-order valence-corrected chi connectivity index (χ4v) is 2.55. The lowest BCUT2D eigenvalue weighted by molar-refractivity contribution is -0.149. The van der Waals surface area contributed by atoms with Gasteiger partial charge < -0.3 is 31.5 Å². The molecule has 1 aliphatic heterocycles. The molecule has 1 unspecified atom stereocenters. The van der Waals surface area contributed by atoms with Gasteiger partial charge in [0.2, 0.25) is 5.91 Å². The van der Waals surface area contributed by atoms with Gasteiger partial charge in [-0.2, -0.15) is 0 Å². The number of carboxylic acid groups (broad SMARTS) is 1. The molecule has 1 heterocycles. The summed E-state index contributed by atoms with van der Waals surface area (Å²) in [5.74, 6) is -1.72. The van der Waals surface area contributed by atoms with Crippen molar-refractivity contribution in [2.45, 2.75) is 37.7 Å². The molecule has 0 radical (unpaired) electrons. The maximum absolute atomic E-state index is 11.9. The van der Waals surface area contributed by atoms with Gasteiger partial charge in [0, 0.05) is 13.1 Å². The Morgan fingerprint density at radius 2 is 1.95 bits per heavy atom. The SMILES string of the molecule is CC(N)C(=O)N1C[C@H](CCB(O)O)C[C@@](N)(C(=O)O)C1.Cl.Cl. The zero-order valence-corrected chi connectivity index (χ0v) is 14.0. The minimum atomic E-state index is -1.52. The average molecular weight is 360 g/mol. The van der Waals surface area contributed by atoms with Crippen LogP contribution in [-0.2, 0) is 9.59 Å². The van der Waals surface area contributed by atoms with Gasteiger partial charge in [-0.3, -0.25) is 9.59 Å². The first-order valence-corrected chi connectivity index (χ1v) is 6.58. The van der Waals surface area contributed by atoms with Gasteiger partial charge in [-0.05, 0) is 25.6 Å². The molecule has 0 aliphatic carbocycles. The molecule has 1 saturated heterocycles. The lowest BCUT2D eigenvalue weighted by atomic mass is 9.75. The van der Waals surface area contributed by atoms with Gasteiger partial charge in [0.1, 0.15) is 5.54 Å². The fraction of sp³-hybridized carbons (Fsp3) is 0.818. The predicted molar refractivity (Wildman–Crippen MR) is 87.0 cm³/mol. The summed E-state index contributed by atoms with van der Waals surface area (Å²) in [5.41, 5.74) is 9.89. The van der Waals surface area contributed by atoms with Crippen molar-refractivity contribution in [3.8, 4) is 0 Å². The van der Waals surface area contributed by atoms with Gasteiger partial charge in [-0.15, -0.1) is 24.8 Å². The van der Waals surface area contributed by atoms with E-state index in [0.29, 0.717) is 13.0 Å². The van der Waals surface area contributed by atoms with Crippen molar-refractivity contribution >= 4 is 43.8 Å². The predicted octanol–water partition coefficient (Wildman–Crippen LogP) is -1.33. The van der Waals surface area contributed by atoms with E-state index >= 15 is 0 Å². The molecule has 0 aromatic carbocycles. The smallest absolute Gasteiger partial charge is 0.451 e. The monoisotopic (exact) mass is 359 g/mol. The van der Waals surface area contributed by atoms with E-state index in [0.717, 1.165) is 0 Å². The van der Waals surface area contributed by atoms with Gasteiger partial charge in [0.15, 0.2) is 0 Å². The van der Waals surface area contributed by atoms with Gasteiger partial charge >= 0.3 is 13.1 Å². The number of hydrogen-bond acceptors (Lipinski definition) is 6. The van der Waals surface area contributed by atoms with E-state index in [4.69, 9.17) is 21.5 Å². The number of carboxylic acids is 1. The number of nitrogens with zero attached hydrogens (tertiary/aromatic N) is 1. The van der Waals surface area contributed by atoms with E-state index in [-0.39, 0.29) is 55.9 Å². The van der Waals surface area contributed by atoms with Crippen molar-refractivity contribution < 1.29 is 24.7 Å². The highest BCUT2D eigenvalue weighted by atomic mass is 35.5. The van der Waals surface area contributed by atoms with Gasteiger partial charge in [0.05, 0.1) is 6.04 Å². The normalized spacial score (nSPS) is 25.5. The molecule has 0 saturated carbocycles. The summed E-state index contributed by atoms with van der Waals surface area (Å²) in [6.45, 7) is 1.78. The lowest BCUT2D eigenvalue weighted by Gasteiger charge is -2.42. The van der Waals surface area contributed by atoms with Crippen LogP contribution in [0.15, 0.2) is 0 Å². The Morgan fingerprint density at radius 3 is 2.36 bits per heavy atom. The van der Waals surface area contributed by atoms with Crippen LogP contribution in [-0.4, -0.2) is 63.7 Å². The zero-order valence-electron chi connectivity index (χ0n) is 12.3. The highest BCUT2D eigenvalue weighted by Crippen LogP contribution is 2.28. The highest BCUT2D eigenvalue weighted by molar-refractivity contribution is 6.40. The number of carbonyl (C=O) groups is 2. The zero-order chi connectivity index (χ0) is 15.5. The molecular formula is C11H24BCl2N3O5. The first-order chi connectivity index (χ1) is 9.15. The highest BCUT2D eigenvalue weighted by Gasteiger charge is 2.44. The number of rotatable bonds is 5. The number of hydrogen-bond donors (Lipinski definition) is 5. The van der Waals surface area contributed by atoms with Gasteiger partial charge in [0.25, 0.3) is 0 Å². The van der Waals surface area contributed by atoms with Gasteiger partial charge in [-0.1, -0.05) is 6.42 Å². The van der Waals surface area contributed by atoms with Gasteiger partial charge in [-0.25, -0.2) is 0 Å². The van der Waals surface area contributed by atoms with Crippen LogP contribution in [0.3, 0.4) is 0 Å². The first kappa shape index (κ1) is 23.7.